The topological polar surface area (TPSA) is 42.4 Å². The molecule has 2 aromatic carbocycles. The first-order valence-electron chi connectivity index (χ1n) is 8.73. The minimum absolute atomic E-state index is 0.281. The minimum atomic E-state index is -0.301. The number of nitrogens with zero attached hydrogens (tertiary/aromatic N) is 2. The first-order chi connectivity index (χ1) is 12.7. The molecule has 0 saturated heterocycles. The number of rotatable bonds is 3. The molecule has 0 aliphatic carbocycles. The maximum Gasteiger partial charge on any atom is 0.414 e. The molecule has 0 bridgehead atoms. The highest BCUT2D eigenvalue weighted by Gasteiger charge is 2.26. The molecule has 0 fully saturated rings. The standard InChI is InChI=1S/C21H20N2O2S/c1-15-7-9-19(17-8-10-20-18(11-17)22-14-26-20)23(12-15)21(24)25-13-16-5-3-2-4-6-16/h2-6,8-11,14-15H,7,12-13H2,1H3/t15-/m0/s1. The zero-order valence-corrected chi connectivity index (χ0v) is 15.4. The van der Waals surface area contributed by atoms with Gasteiger partial charge < -0.3 is 4.74 Å². The Kier molecular flexibility index (Phi) is 4.71. The zero-order valence-electron chi connectivity index (χ0n) is 14.6. The van der Waals surface area contributed by atoms with Gasteiger partial charge in [-0.05, 0) is 30.0 Å². The highest BCUT2D eigenvalue weighted by molar-refractivity contribution is 7.16. The van der Waals surface area contributed by atoms with E-state index < -0.39 is 0 Å². The fourth-order valence-corrected chi connectivity index (χ4v) is 3.83. The lowest BCUT2D eigenvalue weighted by molar-refractivity contribution is 0.108. The first kappa shape index (κ1) is 16.8. The van der Waals surface area contributed by atoms with E-state index in [2.05, 4.69) is 30.1 Å². The Morgan fingerprint density at radius 3 is 2.96 bits per heavy atom. The molecular formula is C21H20N2O2S. The van der Waals surface area contributed by atoms with E-state index in [9.17, 15) is 4.79 Å². The van der Waals surface area contributed by atoms with Gasteiger partial charge in [-0.3, -0.25) is 4.90 Å². The van der Waals surface area contributed by atoms with Crippen molar-refractivity contribution in [3.63, 3.8) is 0 Å². The van der Waals surface area contributed by atoms with Crippen LogP contribution in [0, 0.1) is 5.92 Å². The lowest BCUT2D eigenvalue weighted by atomic mass is 9.98. The lowest BCUT2D eigenvalue weighted by Gasteiger charge is -2.31. The van der Waals surface area contributed by atoms with Crippen molar-refractivity contribution in [2.45, 2.75) is 20.0 Å². The fourth-order valence-electron chi connectivity index (χ4n) is 3.17. The van der Waals surface area contributed by atoms with Crippen molar-refractivity contribution in [2.24, 2.45) is 5.92 Å². The molecule has 3 aromatic rings. The van der Waals surface area contributed by atoms with Crippen molar-refractivity contribution in [3.8, 4) is 0 Å². The number of fused-ring (bicyclic) bond motifs is 1. The van der Waals surface area contributed by atoms with E-state index in [-0.39, 0.29) is 12.7 Å². The van der Waals surface area contributed by atoms with Gasteiger partial charge in [0.1, 0.15) is 6.61 Å². The summed E-state index contributed by atoms with van der Waals surface area (Å²) < 4.78 is 6.72. The molecule has 1 aliphatic heterocycles. The molecule has 0 radical (unpaired) electrons. The van der Waals surface area contributed by atoms with Crippen LogP contribution in [-0.2, 0) is 11.3 Å². The molecular weight excluding hydrogens is 344 g/mol. The SMILES string of the molecule is C[C@H]1CC=C(c2ccc3scnc3c2)N(C(=O)OCc2ccccc2)C1. The predicted octanol–water partition coefficient (Wildman–Crippen LogP) is 5.32. The molecule has 4 nitrogen and oxygen atoms in total. The smallest absolute Gasteiger partial charge is 0.414 e. The van der Waals surface area contributed by atoms with Crippen LogP contribution < -0.4 is 0 Å². The van der Waals surface area contributed by atoms with Crippen molar-refractivity contribution in [1.82, 2.24) is 9.88 Å². The Morgan fingerprint density at radius 2 is 2.12 bits per heavy atom. The minimum Gasteiger partial charge on any atom is -0.444 e. The fraction of sp³-hybridized carbons (Fsp3) is 0.238. The molecule has 5 heteroatoms. The number of hydrogen-bond donors (Lipinski definition) is 0. The third-order valence-electron chi connectivity index (χ3n) is 4.55. The van der Waals surface area contributed by atoms with E-state index >= 15 is 0 Å². The third-order valence-corrected chi connectivity index (χ3v) is 5.36. The lowest BCUT2D eigenvalue weighted by Crippen LogP contribution is -2.36. The van der Waals surface area contributed by atoms with E-state index in [0.29, 0.717) is 12.5 Å². The Balaban J connectivity index is 1.56. The van der Waals surface area contributed by atoms with Crippen molar-refractivity contribution in [2.75, 3.05) is 6.54 Å². The predicted molar refractivity (Wildman–Crippen MR) is 105 cm³/mol. The normalized spacial score (nSPS) is 17.2. The molecule has 1 atom stereocenters. The highest BCUT2D eigenvalue weighted by Crippen LogP contribution is 2.30. The van der Waals surface area contributed by atoms with Gasteiger partial charge in [0.25, 0.3) is 0 Å². The van der Waals surface area contributed by atoms with Gasteiger partial charge in [0.2, 0.25) is 0 Å². The molecule has 0 saturated carbocycles. The molecule has 0 unspecified atom stereocenters. The van der Waals surface area contributed by atoms with Crippen molar-refractivity contribution in [1.29, 1.82) is 0 Å². The average Bonchev–Trinajstić information content (AvgIpc) is 3.14. The maximum atomic E-state index is 12.8. The van der Waals surface area contributed by atoms with Gasteiger partial charge >= 0.3 is 6.09 Å². The summed E-state index contributed by atoms with van der Waals surface area (Å²) in [6.07, 6.45) is 2.78. The van der Waals surface area contributed by atoms with Gasteiger partial charge in [-0.2, -0.15) is 0 Å². The zero-order chi connectivity index (χ0) is 17.9. The summed E-state index contributed by atoms with van der Waals surface area (Å²) in [5.41, 5.74) is 5.71. The van der Waals surface area contributed by atoms with E-state index in [0.717, 1.165) is 33.5 Å². The van der Waals surface area contributed by atoms with Crippen LogP contribution in [0.3, 0.4) is 0 Å². The van der Waals surface area contributed by atoms with Crippen LogP contribution >= 0.6 is 11.3 Å². The van der Waals surface area contributed by atoms with Crippen LogP contribution in [-0.4, -0.2) is 22.5 Å². The van der Waals surface area contributed by atoms with Crippen molar-refractivity contribution in [3.05, 3.63) is 71.2 Å². The van der Waals surface area contributed by atoms with Crippen LogP contribution in [0.4, 0.5) is 4.79 Å². The largest absolute Gasteiger partial charge is 0.444 e. The first-order valence-corrected chi connectivity index (χ1v) is 9.60. The van der Waals surface area contributed by atoms with Crippen LogP contribution in [0.1, 0.15) is 24.5 Å². The second-order valence-electron chi connectivity index (χ2n) is 6.62. The van der Waals surface area contributed by atoms with Gasteiger partial charge in [-0.1, -0.05) is 49.4 Å². The number of ether oxygens (including phenoxy) is 1. The van der Waals surface area contributed by atoms with E-state index in [1.165, 1.54) is 0 Å². The highest BCUT2D eigenvalue weighted by atomic mass is 32.1. The third kappa shape index (κ3) is 3.48. The number of thiazole rings is 1. The monoisotopic (exact) mass is 364 g/mol. The number of allylic oxidation sites excluding steroid dienone is 1. The molecule has 4 rings (SSSR count). The summed E-state index contributed by atoms with van der Waals surface area (Å²) >= 11 is 1.62. The Morgan fingerprint density at radius 1 is 1.27 bits per heavy atom. The quantitative estimate of drug-likeness (QED) is 0.632. The van der Waals surface area contributed by atoms with Gasteiger partial charge in [-0.15, -0.1) is 11.3 Å². The number of carbonyl (C=O) groups is 1. The second kappa shape index (κ2) is 7.30. The molecule has 2 heterocycles. The number of aromatic nitrogens is 1. The van der Waals surface area contributed by atoms with Gasteiger partial charge in [0.05, 0.1) is 21.4 Å². The summed E-state index contributed by atoms with van der Waals surface area (Å²) in [5, 5.41) is 0. The molecule has 26 heavy (non-hydrogen) atoms. The van der Waals surface area contributed by atoms with Gasteiger partial charge in [-0.25, -0.2) is 9.78 Å². The van der Waals surface area contributed by atoms with Gasteiger partial charge in [0.15, 0.2) is 0 Å². The summed E-state index contributed by atoms with van der Waals surface area (Å²) in [7, 11) is 0. The molecule has 1 aliphatic rings. The summed E-state index contributed by atoms with van der Waals surface area (Å²) in [6, 6.07) is 15.9. The van der Waals surface area contributed by atoms with Crippen LogP contribution in [0.2, 0.25) is 0 Å². The number of hydrogen-bond acceptors (Lipinski definition) is 4. The summed E-state index contributed by atoms with van der Waals surface area (Å²) in [5.74, 6) is 0.408. The Bertz CT molecular complexity index is 949. The van der Waals surface area contributed by atoms with Crippen molar-refractivity contribution >= 4 is 33.3 Å². The van der Waals surface area contributed by atoms with Crippen molar-refractivity contribution < 1.29 is 9.53 Å². The molecule has 1 amide bonds. The van der Waals surface area contributed by atoms with E-state index in [1.54, 1.807) is 16.2 Å². The summed E-state index contributed by atoms with van der Waals surface area (Å²) in [4.78, 5) is 18.9. The number of carbonyl (C=O) groups excluding carboxylic acids is 1. The Hall–Kier alpha value is -2.66. The Labute approximate surface area is 156 Å². The molecule has 132 valence electrons. The van der Waals surface area contributed by atoms with E-state index in [4.69, 9.17) is 4.74 Å². The van der Waals surface area contributed by atoms with Gasteiger partial charge in [0, 0.05) is 12.1 Å². The average molecular weight is 364 g/mol. The molecule has 1 aromatic heterocycles. The van der Waals surface area contributed by atoms with Crippen LogP contribution in [0.25, 0.3) is 15.9 Å². The molecule has 0 spiro atoms. The van der Waals surface area contributed by atoms with Crippen LogP contribution in [0.15, 0.2) is 60.1 Å². The molecule has 0 N–H and O–H groups in total. The summed E-state index contributed by atoms with van der Waals surface area (Å²) in [6.45, 7) is 3.09. The maximum absolute atomic E-state index is 12.8. The number of amides is 1. The van der Waals surface area contributed by atoms with E-state index in [1.807, 2.05) is 41.9 Å². The number of benzene rings is 2. The van der Waals surface area contributed by atoms with Crippen LogP contribution in [0.5, 0.6) is 0 Å². The second-order valence-corrected chi connectivity index (χ2v) is 7.50.